The topological polar surface area (TPSA) is 28.2 Å². The Morgan fingerprint density at radius 2 is 2.05 bits per heavy atom. The molecule has 0 aliphatic rings. The van der Waals surface area contributed by atoms with Crippen LogP contribution in [0.1, 0.15) is 12.5 Å². The predicted molar refractivity (Wildman–Crippen MR) is 81.2 cm³/mol. The molecule has 0 saturated carbocycles. The van der Waals surface area contributed by atoms with E-state index in [0.29, 0.717) is 5.92 Å². The number of hydrogen-bond donors (Lipinski definition) is 1. The first-order valence-corrected chi connectivity index (χ1v) is 6.86. The summed E-state index contributed by atoms with van der Waals surface area (Å²) in [6.07, 6.45) is 1.87. The largest absolute Gasteiger partial charge is 0.319 e. The summed E-state index contributed by atoms with van der Waals surface area (Å²) in [6.45, 7) is 5.36. The van der Waals surface area contributed by atoms with Crippen LogP contribution in [0.25, 0.3) is 10.9 Å². The van der Waals surface area contributed by atoms with Gasteiger partial charge in [-0.25, -0.2) is 0 Å². The number of pyridine rings is 1. The smallest absolute Gasteiger partial charge is 0.0746 e. The lowest BCUT2D eigenvalue weighted by molar-refractivity contribution is 0.277. The normalized spacial score (nSPS) is 13.1. The number of para-hydroxylation sites is 1. The van der Waals surface area contributed by atoms with Gasteiger partial charge in [0.05, 0.1) is 5.52 Å². The molecule has 0 radical (unpaired) electrons. The molecule has 102 valence electrons. The Labute approximate surface area is 115 Å². The number of aromatic nitrogens is 1. The lowest BCUT2D eigenvalue weighted by atomic mass is 10.1. The van der Waals surface area contributed by atoms with Crippen molar-refractivity contribution in [2.45, 2.75) is 13.5 Å². The Morgan fingerprint density at radius 1 is 1.26 bits per heavy atom. The highest BCUT2D eigenvalue weighted by molar-refractivity contribution is 5.81. The quantitative estimate of drug-likeness (QED) is 0.862. The molecule has 19 heavy (non-hydrogen) atoms. The second-order valence-corrected chi connectivity index (χ2v) is 5.35. The minimum Gasteiger partial charge on any atom is -0.319 e. The zero-order valence-electron chi connectivity index (χ0n) is 12.1. The van der Waals surface area contributed by atoms with E-state index in [1.807, 2.05) is 19.3 Å². The standard InChI is InChI=1S/C16H23N3/c1-13(10-17-2)11-19(3)12-15-7-4-6-14-8-5-9-18-16(14)15/h4-9,13,17H,10-12H2,1-3H3. The van der Waals surface area contributed by atoms with Gasteiger partial charge in [0, 0.05) is 24.7 Å². The summed E-state index contributed by atoms with van der Waals surface area (Å²) >= 11 is 0. The van der Waals surface area contributed by atoms with Crippen LogP contribution in [-0.2, 0) is 6.54 Å². The first-order valence-electron chi connectivity index (χ1n) is 6.86. The van der Waals surface area contributed by atoms with Crippen molar-refractivity contribution >= 4 is 10.9 Å². The summed E-state index contributed by atoms with van der Waals surface area (Å²) in [5.41, 5.74) is 2.43. The van der Waals surface area contributed by atoms with Gasteiger partial charge in [0.1, 0.15) is 0 Å². The molecule has 1 heterocycles. The van der Waals surface area contributed by atoms with Gasteiger partial charge in [0.2, 0.25) is 0 Å². The van der Waals surface area contributed by atoms with E-state index in [1.165, 1.54) is 10.9 Å². The number of benzene rings is 1. The molecular weight excluding hydrogens is 234 g/mol. The summed E-state index contributed by atoms with van der Waals surface area (Å²) in [5.74, 6) is 0.651. The number of hydrogen-bond acceptors (Lipinski definition) is 3. The average molecular weight is 257 g/mol. The molecule has 0 aliphatic heterocycles. The Morgan fingerprint density at radius 3 is 2.84 bits per heavy atom. The minimum atomic E-state index is 0.651. The van der Waals surface area contributed by atoms with Gasteiger partial charge in [-0.05, 0) is 38.2 Å². The Kier molecular flexibility index (Phi) is 4.88. The molecule has 0 spiro atoms. The second kappa shape index (κ2) is 6.64. The van der Waals surface area contributed by atoms with Crippen LogP contribution in [0.15, 0.2) is 36.5 Å². The van der Waals surface area contributed by atoms with Crippen molar-refractivity contribution in [2.24, 2.45) is 5.92 Å². The Bertz CT molecular complexity index is 519. The van der Waals surface area contributed by atoms with E-state index in [4.69, 9.17) is 0 Å². The highest BCUT2D eigenvalue weighted by Crippen LogP contribution is 2.17. The van der Waals surface area contributed by atoms with Crippen LogP contribution in [0.5, 0.6) is 0 Å². The molecule has 2 aromatic rings. The lowest BCUT2D eigenvalue weighted by Gasteiger charge is -2.21. The fourth-order valence-corrected chi connectivity index (χ4v) is 2.60. The highest BCUT2D eigenvalue weighted by atomic mass is 15.1. The zero-order valence-corrected chi connectivity index (χ0v) is 12.1. The highest BCUT2D eigenvalue weighted by Gasteiger charge is 2.08. The first-order chi connectivity index (χ1) is 9.20. The summed E-state index contributed by atoms with van der Waals surface area (Å²) < 4.78 is 0. The Balaban J connectivity index is 2.08. The molecule has 1 unspecified atom stereocenters. The molecule has 0 fully saturated rings. The van der Waals surface area contributed by atoms with Crippen molar-refractivity contribution in [3.8, 4) is 0 Å². The predicted octanol–water partition coefficient (Wildman–Crippen LogP) is 2.52. The Hall–Kier alpha value is -1.45. The van der Waals surface area contributed by atoms with Crippen molar-refractivity contribution in [3.05, 3.63) is 42.1 Å². The molecule has 3 nitrogen and oxygen atoms in total. The van der Waals surface area contributed by atoms with E-state index < -0.39 is 0 Å². The van der Waals surface area contributed by atoms with Crippen LogP contribution in [0, 0.1) is 5.92 Å². The maximum absolute atomic E-state index is 4.51. The molecule has 2 rings (SSSR count). The van der Waals surface area contributed by atoms with E-state index in [0.717, 1.165) is 25.2 Å². The van der Waals surface area contributed by atoms with Crippen LogP contribution in [0.2, 0.25) is 0 Å². The number of nitrogens with one attached hydrogen (secondary N) is 1. The van der Waals surface area contributed by atoms with Gasteiger partial charge in [0.15, 0.2) is 0 Å². The third kappa shape index (κ3) is 3.75. The van der Waals surface area contributed by atoms with Crippen LogP contribution in [0.4, 0.5) is 0 Å². The fourth-order valence-electron chi connectivity index (χ4n) is 2.60. The molecular formula is C16H23N3. The molecule has 0 bridgehead atoms. The number of nitrogens with zero attached hydrogens (tertiary/aromatic N) is 2. The van der Waals surface area contributed by atoms with Crippen molar-refractivity contribution < 1.29 is 0 Å². The fraction of sp³-hybridized carbons (Fsp3) is 0.438. The van der Waals surface area contributed by atoms with Crippen LogP contribution in [0.3, 0.4) is 0 Å². The van der Waals surface area contributed by atoms with Gasteiger partial charge in [-0.2, -0.15) is 0 Å². The van der Waals surface area contributed by atoms with Gasteiger partial charge in [-0.3, -0.25) is 4.98 Å². The van der Waals surface area contributed by atoms with Gasteiger partial charge in [-0.1, -0.05) is 31.2 Å². The maximum Gasteiger partial charge on any atom is 0.0746 e. The van der Waals surface area contributed by atoms with E-state index in [-0.39, 0.29) is 0 Å². The van der Waals surface area contributed by atoms with Crippen LogP contribution >= 0.6 is 0 Å². The molecule has 0 saturated heterocycles. The monoisotopic (exact) mass is 257 g/mol. The van der Waals surface area contributed by atoms with Crippen molar-refractivity contribution in [1.29, 1.82) is 0 Å². The molecule has 1 aromatic heterocycles. The van der Waals surface area contributed by atoms with Gasteiger partial charge < -0.3 is 10.2 Å². The van der Waals surface area contributed by atoms with E-state index in [2.05, 4.69) is 53.4 Å². The molecule has 0 amide bonds. The maximum atomic E-state index is 4.51. The average Bonchev–Trinajstić information content (AvgIpc) is 2.39. The molecule has 3 heteroatoms. The summed E-state index contributed by atoms with van der Waals surface area (Å²) in [4.78, 5) is 6.88. The molecule has 1 atom stereocenters. The van der Waals surface area contributed by atoms with Crippen LogP contribution < -0.4 is 5.32 Å². The van der Waals surface area contributed by atoms with E-state index >= 15 is 0 Å². The summed E-state index contributed by atoms with van der Waals surface area (Å²) in [7, 11) is 4.18. The third-order valence-electron chi connectivity index (χ3n) is 3.33. The van der Waals surface area contributed by atoms with Crippen LogP contribution in [-0.4, -0.2) is 37.1 Å². The van der Waals surface area contributed by atoms with Crippen molar-refractivity contribution in [2.75, 3.05) is 27.2 Å². The van der Waals surface area contributed by atoms with E-state index in [1.54, 1.807) is 0 Å². The lowest BCUT2D eigenvalue weighted by Crippen LogP contribution is -2.29. The van der Waals surface area contributed by atoms with Crippen molar-refractivity contribution in [1.82, 2.24) is 15.2 Å². The second-order valence-electron chi connectivity index (χ2n) is 5.35. The molecule has 0 aliphatic carbocycles. The zero-order chi connectivity index (χ0) is 13.7. The van der Waals surface area contributed by atoms with Gasteiger partial charge in [-0.15, -0.1) is 0 Å². The summed E-state index contributed by atoms with van der Waals surface area (Å²) in [5, 5.41) is 4.45. The van der Waals surface area contributed by atoms with Crippen molar-refractivity contribution in [3.63, 3.8) is 0 Å². The van der Waals surface area contributed by atoms with E-state index in [9.17, 15) is 0 Å². The van der Waals surface area contributed by atoms with Gasteiger partial charge in [0.25, 0.3) is 0 Å². The third-order valence-corrected chi connectivity index (χ3v) is 3.33. The summed E-state index contributed by atoms with van der Waals surface area (Å²) in [6, 6.07) is 10.5. The van der Waals surface area contributed by atoms with Gasteiger partial charge >= 0.3 is 0 Å². The first kappa shape index (κ1) is 14.0. The minimum absolute atomic E-state index is 0.651. The number of rotatable bonds is 6. The molecule has 1 N–H and O–H groups in total. The number of fused-ring (bicyclic) bond motifs is 1. The SMILES string of the molecule is CNCC(C)CN(C)Cc1cccc2cccnc12. The molecule has 1 aromatic carbocycles.